The largest absolute Gasteiger partial charge is 0.494 e. The third kappa shape index (κ3) is 6.26. The van der Waals surface area contributed by atoms with Gasteiger partial charge in [0.1, 0.15) is 11.5 Å². The van der Waals surface area contributed by atoms with Crippen LogP contribution in [0.5, 0.6) is 5.75 Å². The molecule has 1 aliphatic heterocycles. The van der Waals surface area contributed by atoms with Gasteiger partial charge in [-0.1, -0.05) is 19.4 Å². The molecule has 0 bridgehead atoms. The molecule has 1 N–H and O–H groups in total. The Hall–Kier alpha value is -2.02. The van der Waals surface area contributed by atoms with E-state index in [0.29, 0.717) is 31.9 Å². The first-order chi connectivity index (χ1) is 13.3. The third-order valence-electron chi connectivity index (χ3n) is 4.68. The number of ether oxygens (including phenoxy) is 2. The number of nitrogens with one attached hydrogen (secondary N) is 1. The summed E-state index contributed by atoms with van der Waals surface area (Å²) in [4.78, 5) is 14.9. The average molecular weight is 409 g/mol. The average Bonchev–Trinajstić information content (AvgIpc) is 3.24. The Balaban J connectivity index is 0.00000280. The molecule has 7 heteroatoms. The maximum absolute atomic E-state index is 12.6. The van der Waals surface area contributed by atoms with Crippen LogP contribution in [0.1, 0.15) is 41.9 Å². The summed E-state index contributed by atoms with van der Waals surface area (Å²) >= 11 is 0. The number of furan rings is 1. The zero-order valence-corrected chi connectivity index (χ0v) is 17.1. The molecule has 2 heterocycles. The van der Waals surface area contributed by atoms with Crippen LogP contribution >= 0.6 is 12.4 Å². The van der Waals surface area contributed by atoms with Gasteiger partial charge in [-0.15, -0.1) is 12.4 Å². The fraction of sp³-hybridized carbons (Fsp3) is 0.476. The van der Waals surface area contributed by atoms with Gasteiger partial charge in [0.2, 0.25) is 0 Å². The Labute approximate surface area is 172 Å². The molecule has 0 saturated carbocycles. The molecule has 1 saturated heterocycles. The lowest BCUT2D eigenvalue weighted by atomic mass is 10.1. The molecule has 28 heavy (non-hydrogen) atoms. The summed E-state index contributed by atoms with van der Waals surface area (Å²) in [5, 5.41) is 3.04. The van der Waals surface area contributed by atoms with E-state index in [1.54, 1.807) is 18.4 Å². The lowest BCUT2D eigenvalue weighted by molar-refractivity contribution is 0.0118. The Kier molecular flexibility index (Phi) is 9.34. The number of carbonyl (C=O) groups excluding carboxylic acids is 1. The van der Waals surface area contributed by atoms with Crippen molar-refractivity contribution < 1.29 is 18.7 Å². The molecule has 1 unspecified atom stereocenters. The normalized spacial score (nSPS) is 15.5. The summed E-state index contributed by atoms with van der Waals surface area (Å²) in [6.07, 6.45) is 3.75. The Morgan fingerprint density at radius 1 is 1.25 bits per heavy atom. The van der Waals surface area contributed by atoms with Gasteiger partial charge in [0, 0.05) is 25.2 Å². The minimum absolute atomic E-state index is 0. The van der Waals surface area contributed by atoms with Gasteiger partial charge < -0.3 is 19.2 Å². The number of hydrogen-bond donors (Lipinski definition) is 1. The number of halogens is 1. The van der Waals surface area contributed by atoms with E-state index >= 15 is 0 Å². The van der Waals surface area contributed by atoms with Crippen LogP contribution in [-0.4, -0.2) is 50.3 Å². The minimum atomic E-state index is -0.110. The number of nitrogens with zero attached hydrogens (tertiary/aromatic N) is 1. The Bertz CT molecular complexity index is 702. The predicted molar refractivity (Wildman–Crippen MR) is 110 cm³/mol. The van der Waals surface area contributed by atoms with Crippen LogP contribution in [0, 0.1) is 0 Å². The summed E-state index contributed by atoms with van der Waals surface area (Å²) in [5.74, 6) is 1.47. The number of morpholine rings is 1. The quantitative estimate of drug-likeness (QED) is 0.641. The van der Waals surface area contributed by atoms with Crippen LogP contribution in [0.3, 0.4) is 0 Å². The van der Waals surface area contributed by atoms with Gasteiger partial charge in [0.15, 0.2) is 0 Å². The van der Waals surface area contributed by atoms with Crippen molar-refractivity contribution in [3.05, 3.63) is 54.0 Å². The highest BCUT2D eigenvalue weighted by atomic mass is 35.5. The SMILES string of the molecule is CCCCOc1cccc(C(=O)NCC(c2ccco2)N2CCOCC2)c1.Cl. The number of amides is 1. The van der Waals surface area contributed by atoms with Crippen molar-refractivity contribution in [2.45, 2.75) is 25.8 Å². The smallest absolute Gasteiger partial charge is 0.251 e. The van der Waals surface area contributed by atoms with Gasteiger partial charge in [-0.05, 0) is 36.8 Å². The fourth-order valence-corrected chi connectivity index (χ4v) is 3.13. The second kappa shape index (κ2) is 11.7. The van der Waals surface area contributed by atoms with Gasteiger partial charge in [-0.3, -0.25) is 9.69 Å². The summed E-state index contributed by atoms with van der Waals surface area (Å²) in [6.45, 7) is 6.30. The first kappa shape index (κ1) is 22.3. The molecule has 0 spiro atoms. The van der Waals surface area contributed by atoms with Crippen LogP contribution in [0.4, 0.5) is 0 Å². The lowest BCUT2D eigenvalue weighted by Gasteiger charge is -2.33. The first-order valence-electron chi connectivity index (χ1n) is 9.64. The van der Waals surface area contributed by atoms with Crippen LogP contribution < -0.4 is 10.1 Å². The maximum atomic E-state index is 12.6. The molecule has 6 nitrogen and oxygen atoms in total. The molecule has 0 radical (unpaired) electrons. The van der Waals surface area contributed by atoms with Crippen LogP contribution in [0.25, 0.3) is 0 Å². The van der Waals surface area contributed by atoms with E-state index in [1.807, 2.05) is 24.3 Å². The number of carbonyl (C=O) groups is 1. The third-order valence-corrected chi connectivity index (χ3v) is 4.68. The van der Waals surface area contributed by atoms with Crippen LogP contribution in [-0.2, 0) is 4.74 Å². The number of hydrogen-bond acceptors (Lipinski definition) is 5. The van der Waals surface area contributed by atoms with Crippen molar-refractivity contribution >= 4 is 18.3 Å². The second-order valence-electron chi connectivity index (χ2n) is 6.62. The van der Waals surface area contributed by atoms with Crippen molar-refractivity contribution in [3.63, 3.8) is 0 Å². The van der Waals surface area contributed by atoms with E-state index in [4.69, 9.17) is 13.9 Å². The highest BCUT2D eigenvalue weighted by molar-refractivity contribution is 5.94. The zero-order chi connectivity index (χ0) is 18.9. The molecule has 1 aliphatic rings. The van der Waals surface area contributed by atoms with Gasteiger partial charge in [-0.25, -0.2) is 0 Å². The summed E-state index contributed by atoms with van der Waals surface area (Å²) in [7, 11) is 0. The molecule has 1 aromatic carbocycles. The molecule has 1 aromatic heterocycles. The Morgan fingerprint density at radius 2 is 2.07 bits per heavy atom. The summed E-state index contributed by atoms with van der Waals surface area (Å²) < 4.78 is 16.7. The maximum Gasteiger partial charge on any atom is 0.251 e. The summed E-state index contributed by atoms with van der Waals surface area (Å²) in [5.41, 5.74) is 0.601. The number of benzene rings is 1. The van der Waals surface area contributed by atoms with Gasteiger partial charge in [0.25, 0.3) is 5.91 Å². The Morgan fingerprint density at radius 3 is 2.79 bits per heavy atom. The van der Waals surface area contributed by atoms with E-state index in [9.17, 15) is 4.79 Å². The van der Waals surface area contributed by atoms with Crippen LogP contribution in [0.2, 0.25) is 0 Å². The highest BCUT2D eigenvalue weighted by Crippen LogP contribution is 2.22. The molecule has 3 rings (SSSR count). The molecule has 1 atom stereocenters. The first-order valence-corrected chi connectivity index (χ1v) is 9.64. The van der Waals surface area contributed by atoms with Gasteiger partial charge in [-0.2, -0.15) is 0 Å². The zero-order valence-electron chi connectivity index (χ0n) is 16.3. The fourth-order valence-electron chi connectivity index (χ4n) is 3.13. The predicted octanol–water partition coefficient (Wildman–Crippen LogP) is 3.68. The van der Waals surface area contributed by atoms with E-state index in [2.05, 4.69) is 17.1 Å². The number of rotatable bonds is 9. The standard InChI is InChI=1S/C21H28N2O4.ClH/c1-2-3-11-26-18-7-4-6-17(15-18)21(24)22-16-19(20-8-5-12-27-20)23-9-13-25-14-10-23;/h4-8,12,15,19H,2-3,9-11,13-14,16H2,1H3,(H,22,24);1H. The summed E-state index contributed by atoms with van der Waals surface area (Å²) in [6, 6.07) is 11.2. The van der Waals surface area contributed by atoms with E-state index in [0.717, 1.165) is 37.4 Å². The van der Waals surface area contributed by atoms with Crippen molar-refractivity contribution in [2.75, 3.05) is 39.5 Å². The molecular formula is C21H29ClN2O4. The van der Waals surface area contributed by atoms with Gasteiger partial charge >= 0.3 is 0 Å². The molecule has 2 aromatic rings. The lowest BCUT2D eigenvalue weighted by Crippen LogP contribution is -2.43. The number of unbranched alkanes of at least 4 members (excludes halogenated alkanes) is 1. The second-order valence-corrected chi connectivity index (χ2v) is 6.62. The van der Waals surface area contributed by atoms with Gasteiger partial charge in [0.05, 0.1) is 32.1 Å². The van der Waals surface area contributed by atoms with Crippen molar-refractivity contribution in [2.24, 2.45) is 0 Å². The van der Waals surface area contributed by atoms with Crippen molar-refractivity contribution in [1.29, 1.82) is 0 Å². The molecular weight excluding hydrogens is 380 g/mol. The topological polar surface area (TPSA) is 63.9 Å². The molecule has 0 aliphatic carbocycles. The van der Waals surface area contributed by atoms with Crippen molar-refractivity contribution in [1.82, 2.24) is 10.2 Å². The minimum Gasteiger partial charge on any atom is -0.494 e. The van der Waals surface area contributed by atoms with E-state index in [1.165, 1.54) is 0 Å². The van der Waals surface area contributed by atoms with E-state index in [-0.39, 0.29) is 24.4 Å². The van der Waals surface area contributed by atoms with E-state index < -0.39 is 0 Å². The van der Waals surface area contributed by atoms with Crippen molar-refractivity contribution in [3.8, 4) is 5.75 Å². The highest BCUT2D eigenvalue weighted by Gasteiger charge is 2.25. The molecule has 154 valence electrons. The molecule has 1 amide bonds. The monoisotopic (exact) mass is 408 g/mol. The van der Waals surface area contributed by atoms with Crippen LogP contribution in [0.15, 0.2) is 47.1 Å². The molecule has 1 fully saturated rings.